The summed E-state index contributed by atoms with van der Waals surface area (Å²) in [6.45, 7) is 6.42. The summed E-state index contributed by atoms with van der Waals surface area (Å²) in [4.78, 5) is 27.8. The Hall–Kier alpha value is -2.27. The zero-order valence-electron chi connectivity index (χ0n) is 18.9. The Morgan fingerprint density at radius 1 is 1.03 bits per heavy atom. The second-order valence-electron chi connectivity index (χ2n) is 8.66. The van der Waals surface area contributed by atoms with Gasteiger partial charge in [-0.3, -0.25) is 9.59 Å². The van der Waals surface area contributed by atoms with Crippen LogP contribution in [0.15, 0.2) is 48.5 Å². The molecule has 4 nitrogen and oxygen atoms in total. The van der Waals surface area contributed by atoms with Crippen LogP contribution in [0.2, 0.25) is 0 Å². The monoisotopic (exact) mass is 438 g/mol. The van der Waals surface area contributed by atoms with Crippen LogP contribution in [0.1, 0.15) is 54.9 Å². The first-order valence-electron chi connectivity index (χ1n) is 11.2. The molecule has 0 spiro atoms. The smallest absolute Gasteiger partial charge is 0.242 e. The Bertz CT molecular complexity index is 875. The summed E-state index contributed by atoms with van der Waals surface area (Å²) in [5, 5.41) is 3.16. The van der Waals surface area contributed by atoms with Crippen molar-refractivity contribution in [2.45, 2.75) is 70.8 Å². The highest BCUT2D eigenvalue weighted by Gasteiger charge is 2.28. The molecule has 1 aliphatic carbocycles. The summed E-state index contributed by atoms with van der Waals surface area (Å²) in [7, 11) is 0. The summed E-state index contributed by atoms with van der Waals surface area (Å²) in [5.41, 5.74) is 4.65. The second-order valence-corrected chi connectivity index (χ2v) is 9.64. The summed E-state index contributed by atoms with van der Waals surface area (Å²) in [6.07, 6.45) is 4.41. The molecule has 166 valence electrons. The van der Waals surface area contributed by atoms with E-state index in [-0.39, 0.29) is 17.9 Å². The van der Waals surface area contributed by atoms with Crippen LogP contribution in [0, 0.1) is 13.8 Å². The lowest BCUT2D eigenvalue weighted by Crippen LogP contribution is -2.50. The molecular weight excluding hydrogens is 404 g/mol. The largest absolute Gasteiger partial charge is 0.352 e. The van der Waals surface area contributed by atoms with Crippen LogP contribution in [0.5, 0.6) is 0 Å². The molecule has 0 unspecified atom stereocenters. The molecule has 2 amide bonds. The Labute approximate surface area is 190 Å². The van der Waals surface area contributed by atoms with E-state index in [1.165, 1.54) is 24.0 Å². The molecule has 0 aliphatic heterocycles. The maximum Gasteiger partial charge on any atom is 0.242 e. The molecule has 2 aromatic rings. The van der Waals surface area contributed by atoms with Crippen LogP contribution >= 0.6 is 11.8 Å². The minimum absolute atomic E-state index is 0.00712. The fraction of sp³-hybridized carbons (Fsp3) is 0.462. The van der Waals surface area contributed by atoms with Crippen molar-refractivity contribution in [3.8, 4) is 0 Å². The Balaban J connectivity index is 1.65. The molecule has 2 aromatic carbocycles. The number of nitrogens with one attached hydrogen (secondary N) is 1. The lowest BCUT2D eigenvalue weighted by molar-refractivity contribution is -0.138. The molecule has 31 heavy (non-hydrogen) atoms. The Kier molecular flexibility index (Phi) is 8.59. The fourth-order valence-electron chi connectivity index (χ4n) is 4.01. The molecule has 3 rings (SSSR count). The number of nitrogens with zero attached hydrogens (tertiary/aromatic N) is 1. The van der Waals surface area contributed by atoms with Gasteiger partial charge in [-0.05, 0) is 44.7 Å². The zero-order valence-corrected chi connectivity index (χ0v) is 19.7. The molecule has 0 bridgehead atoms. The number of benzene rings is 2. The summed E-state index contributed by atoms with van der Waals surface area (Å²) in [6, 6.07) is 16.3. The van der Waals surface area contributed by atoms with Crippen molar-refractivity contribution in [2.24, 2.45) is 0 Å². The van der Waals surface area contributed by atoms with Gasteiger partial charge in [0.15, 0.2) is 0 Å². The number of hydrogen-bond donors (Lipinski definition) is 1. The number of hydrogen-bond acceptors (Lipinski definition) is 3. The third kappa shape index (κ3) is 7.13. The van der Waals surface area contributed by atoms with E-state index in [9.17, 15) is 9.59 Å². The van der Waals surface area contributed by atoms with Crippen LogP contribution in [0.4, 0.5) is 0 Å². The van der Waals surface area contributed by atoms with Crippen molar-refractivity contribution in [2.75, 3.05) is 5.75 Å². The van der Waals surface area contributed by atoms with Crippen LogP contribution in [-0.2, 0) is 21.9 Å². The molecule has 1 atom stereocenters. The zero-order chi connectivity index (χ0) is 22.2. The van der Waals surface area contributed by atoms with E-state index in [0.717, 1.165) is 29.7 Å². The van der Waals surface area contributed by atoms with Crippen molar-refractivity contribution >= 4 is 23.6 Å². The number of carbonyl (C=O) groups excluding carboxylic acids is 2. The van der Waals surface area contributed by atoms with E-state index in [1.807, 2.05) is 32.0 Å². The van der Waals surface area contributed by atoms with Gasteiger partial charge < -0.3 is 10.2 Å². The van der Waals surface area contributed by atoms with Gasteiger partial charge in [-0.1, -0.05) is 72.5 Å². The maximum atomic E-state index is 13.2. The van der Waals surface area contributed by atoms with Gasteiger partial charge in [-0.2, -0.15) is 0 Å². The van der Waals surface area contributed by atoms with Crippen molar-refractivity contribution in [3.63, 3.8) is 0 Å². The van der Waals surface area contributed by atoms with Crippen LogP contribution in [0.25, 0.3) is 0 Å². The quantitative estimate of drug-likeness (QED) is 0.598. The first kappa shape index (κ1) is 23.4. The summed E-state index contributed by atoms with van der Waals surface area (Å²) in [5.74, 6) is 1.11. The lowest BCUT2D eigenvalue weighted by Gasteiger charge is -2.30. The van der Waals surface area contributed by atoms with Gasteiger partial charge in [-0.25, -0.2) is 0 Å². The number of carbonyl (C=O) groups is 2. The second kappa shape index (κ2) is 11.4. The molecular formula is C26H34N2O2S. The van der Waals surface area contributed by atoms with Gasteiger partial charge in [0.2, 0.25) is 11.8 Å². The van der Waals surface area contributed by atoms with Gasteiger partial charge in [0, 0.05) is 18.3 Å². The van der Waals surface area contributed by atoms with Gasteiger partial charge in [-0.15, -0.1) is 11.8 Å². The highest BCUT2D eigenvalue weighted by molar-refractivity contribution is 7.99. The molecule has 1 N–H and O–H groups in total. The SMILES string of the molecule is Cc1ccc(CSCC(=O)N(Cc2cccc(C)c2)[C@@H](C)C(=O)NC2CCCC2)cc1. The minimum atomic E-state index is -0.492. The topological polar surface area (TPSA) is 49.4 Å². The predicted molar refractivity (Wildman–Crippen MR) is 129 cm³/mol. The van der Waals surface area contributed by atoms with E-state index in [1.54, 1.807) is 16.7 Å². The Morgan fingerprint density at radius 3 is 2.42 bits per heavy atom. The minimum Gasteiger partial charge on any atom is -0.352 e. The fourth-order valence-corrected chi connectivity index (χ4v) is 4.88. The Morgan fingerprint density at radius 2 is 1.74 bits per heavy atom. The van der Waals surface area contributed by atoms with Crippen LogP contribution < -0.4 is 5.32 Å². The number of thioether (sulfide) groups is 1. The van der Waals surface area contributed by atoms with Crippen molar-refractivity contribution in [1.82, 2.24) is 10.2 Å². The molecule has 0 aromatic heterocycles. The van der Waals surface area contributed by atoms with Crippen molar-refractivity contribution in [1.29, 1.82) is 0 Å². The van der Waals surface area contributed by atoms with E-state index in [4.69, 9.17) is 0 Å². The summed E-state index contributed by atoms with van der Waals surface area (Å²) < 4.78 is 0. The molecule has 5 heteroatoms. The standard InChI is InChI=1S/C26H34N2O2S/c1-19-11-13-22(14-12-19)17-31-18-25(29)28(16-23-8-6-7-20(2)15-23)21(3)26(30)27-24-9-4-5-10-24/h6-8,11-15,21,24H,4-5,9-10,16-18H2,1-3H3,(H,27,30)/t21-/m0/s1. The maximum absolute atomic E-state index is 13.2. The van der Waals surface area contributed by atoms with Crippen LogP contribution in [-0.4, -0.2) is 34.6 Å². The average Bonchev–Trinajstić information content (AvgIpc) is 3.26. The lowest BCUT2D eigenvalue weighted by atomic mass is 10.1. The first-order chi connectivity index (χ1) is 14.9. The number of amides is 2. The van der Waals surface area contributed by atoms with Crippen molar-refractivity contribution < 1.29 is 9.59 Å². The molecule has 1 fully saturated rings. The number of rotatable bonds is 9. The third-order valence-corrected chi connectivity index (χ3v) is 6.91. The average molecular weight is 439 g/mol. The first-order valence-corrected chi connectivity index (χ1v) is 12.4. The normalized spacial score (nSPS) is 14.9. The van der Waals surface area contributed by atoms with Crippen LogP contribution in [0.3, 0.4) is 0 Å². The molecule has 0 saturated heterocycles. The molecule has 0 heterocycles. The van der Waals surface area contributed by atoms with E-state index < -0.39 is 6.04 Å². The van der Waals surface area contributed by atoms with E-state index in [2.05, 4.69) is 42.6 Å². The van der Waals surface area contributed by atoms with Gasteiger partial charge >= 0.3 is 0 Å². The van der Waals surface area contributed by atoms with Gasteiger partial charge in [0.05, 0.1) is 5.75 Å². The third-order valence-electron chi connectivity index (χ3n) is 5.92. The van der Waals surface area contributed by atoms with E-state index in [0.29, 0.717) is 12.3 Å². The molecule has 0 radical (unpaired) electrons. The van der Waals surface area contributed by atoms with Crippen molar-refractivity contribution in [3.05, 3.63) is 70.8 Å². The van der Waals surface area contributed by atoms with Gasteiger partial charge in [0.25, 0.3) is 0 Å². The molecule has 1 aliphatic rings. The predicted octanol–water partition coefficient (Wildman–Crippen LogP) is 5.01. The van der Waals surface area contributed by atoms with Gasteiger partial charge in [0.1, 0.15) is 6.04 Å². The molecule has 1 saturated carbocycles. The highest BCUT2D eigenvalue weighted by Crippen LogP contribution is 2.20. The highest BCUT2D eigenvalue weighted by atomic mass is 32.2. The number of aryl methyl sites for hydroxylation is 2. The summed E-state index contributed by atoms with van der Waals surface area (Å²) >= 11 is 1.60. The van der Waals surface area contributed by atoms with E-state index >= 15 is 0 Å².